The van der Waals surface area contributed by atoms with Gasteiger partial charge in [0.1, 0.15) is 5.82 Å². The molecule has 0 aliphatic rings. The molecule has 0 atom stereocenters. The van der Waals surface area contributed by atoms with Crippen molar-refractivity contribution in [2.75, 3.05) is 31.1 Å². The summed E-state index contributed by atoms with van der Waals surface area (Å²) >= 11 is 0. The van der Waals surface area contributed by atoms with Crippen LogP contribution in [0.25, 0.3) is 0 Å². The average molecular weight is 263 g/mol. The zero-order chi connectivity index (χ0) is 14.1. The molecular weight excluding hydrogens is 238 g/mol. The maximum Gasteiger partial charge on any atom is 0.133 e. The van der Waals surface area contributed by atoms with Crippen LogP contribution in [-0.4, -0.2) is 36.3 Å². The predicted octanol–water partition coefficient (Wildman–Crippen LogP) is 1.81. The largest absolute Gasteiger partial charge is 0.395 e. The number of rotatable bonds is 9. The second-order valence-electron chi connectivity index (χ2n) is 4.97. The van der Waals surface area contributed by atoms with E-state index in [4.69, 9.17) is 5.11 Å². The van der Waals surface area contributed by atoms with E-state index in [0.717, 1.165) is 24.5 Å². The molecular formula is C15H25N3O. The molecule has 0 amide bonds. The van der Waals surface area contributed by atoms with Gasteiger partial charge in [0.2, 0.25) is 0 Å². The van der Waals surface area contributed by atoms with E-state index in [2.05, 4.69) is 36.8 Å². The van der Waals surface area contributed by atoms with Gasteiger partial charge in [-0.3, -0.25) is 0 Å². The quantitative estimate of drug-likeness (QED) is 0.667. The summed E-state index contributed by atoms with van der Waals surface area (Å²) < 4.78 is 0. The number of aliphatic hydroxyl groups is 1. The average Bonchev–Trinajstić information content (AvgIpc) is 2.39. The molecule has 1 heterocycles. The van der Waals surface area contributed by atoms with Crippen LogP contribution in [0.1, 0.15) is 19.4 Å². The van der Waals surface area contributed by atoms with Gasteiger partial charge < -0.3 is 15.3 Å². The van der Waals surface area contributed by atoms with Gasteiger partial charge in [-0.15, -0.1) is 6.58 Å². The van der Waals surface area contributed by atoms with Crippen molar-refractivity contribution in [1.82, 2.24) is 10.3 Å². The van der Waals surface area contributed by atoms with Crippen LogP contribution in [-0.2, 0) is 6.54 Å². The molecule has 0 unspecified atom stereocenters. The number of pyridine rings is 1. The van der Waals surface area contributed by atoms with E-state index in [0.29, 0.717) is 19.0 Å². The number of nitrogens with zero attached hydrogens (tertiary/aromatic N) is 2. The first kappa shape index (κ1) is 15.7. The van der Waals surface area contributed by atoms with Gasteiger partial charge in [-0.2, -0.15) is 0 Å². The Hall–Kier alpha value is -1.39. The third-order valence-corrected chi connectivity index (χ3v) is 2.75. The number of hydrogen-bond donors (Lipinski definition) is 2. The summed E-state index contributed by atoms with van der Waals surface area (Å²) in [5.74, 6) is 1.55. The third kappa shape index (κ3) is 5.41. The van der Waals surface area contributed by atoms with Gasteiger partial charge >= 0.3 is 0 Å². The second kappa shape index (κ2) is 8.67. The Morgan fingerprint density at radius 3 is 2.95 bits per heavy atom. The van der Waals surface area contributed by atoms with Crippen LogP contribution in [0.2, 0.25) is 0 Å². The Labute approximate surface area is 116 Å². The summed E-state index contributed by atoms with van der Waals surface area (Å²) in [6, 6.07) is 4.02. The minimum atomic E-state index is 0.114. The van der Waals surface area contributed by atoms with Crippen molar-refractivity contribution in [3.8, 4) is 0 Å². The van der Waals surface area contributed by atoms with Crippen molar-refractivity contribution in [3.05, 3.63) is 36.5 Å². The molecule has 106 valence electrons. The fourth-order valence-electron chi connectivity index (χ4n) is 1.91. The Kier molecular flexibility index (Phi) is 7.15. The van der Waals surface area contributed by atoms with E-state index in [1.807, 2.05) is 17.0 Å². The van der Waals surface area contributed by atoms with Crippen LogP contribution in [0.3, 0.4) is 0 Å². The lowest BCUT2D eigenvalue weighted by Gasteiger charge is -2.24. The first-order valence-corrected chi connectivity index (χ1v) is 6.80. The zero-order valence-corrected chi connectivity index (χ0v) is 12.0. The topological polar surface area (TPSA) is 48.4 Å². The highest BCUT2D eigenvalue weighted by Gasteiger charge is 2.10. The molecule has 0 aromatic carbocycles. The molecule has 1 aromatic rings. The van der Waals surface area contributed by atoms with Crippen LogP contribution >= 0.6 is 0 Å². The van der Waals surface area contributed by atoms with E-state index in [1.165, 1.54) is 0 Å². The lowest BCUT2D eigenvalue weighted by atomic mass is 10.2. The van der Waals surface area contributed by atoms with Crippen LogP contribution in [0.4, 0.5) is 5.82 Å². The van der Waals surface area contributed by atoms with Gasteiger partial charge in [0, 0.05) is 31.4 Å². The fourth-order valence-corrected chi connectivity index (χ4v) is 1.91. The molecule has 0 saturated heterocycles. The van der Waals surface area contributed by atoms with Gasteiger partial charge in [0.25, 0.3) is 0 Å². The number of aliphatic hydroxyl groups excluding tert-OH is 1. The molecule has 2 N–H and O–H groups in total. The number of aromatic nitrogens is 1. The van der Waals surface area contributed by atoms with E-state index >= 15 is 0 Å². The van der Waals surface area contributed by atoms with Crippen molar-refractivity contribution in [2.45, 2.75) is 20.4 Å². The lowest BCUT2D eigenvalue weighted by Crippen LogP contribution is -2.29. The van der Waals surface area contributed by atoms with Gasteiger partial charge in [0.05, 0.1) is 6.61 Å². The molecule has 19 heavy (non-hydrogen) atoms. The van der Waals surface area contributed by atoms with Gasteiger partial charge in [-0.25, -0.2) is 4.98 Å². The zero-order valence-electron chi connectivity index (χ0n) is 12.0. The van der Waals surface area contributed by atoms with E-state index < -0.39 is 0 Å². The molecule has 0 radical (unpaired) electrons. The Morgan fingerprint density at radius 1 is 1.53 bits per heavy atom. The van der Waals surface area contributed by atoms with Gasteiger partial charge in [-0.05, 0) is 18.5 Å². The summed E-state index contributed by atoms with van der Waals surface area (Å²) in [7, 11) is 0. The minimum Gasteiger partial charge on any atom is -0.395 e. The smallest absolute Gasteiger partial charge is 0.133 e. The fraction of sp³-hybridized carbons (Fsp3) is 0.533. The second-order valence-corrected chi connectivity index (χ2v) is 4.97. The van der Waals surface area contributed by atoms with Crippen molar-refractivity contribution in [3.63, 3.8) is 0 Å². The Balaban J connectivity index is 2.77. The number of nitrogens with one attached hydrogen (secondary N) is 1. The molecule has 0 fully saturated rings. The standard InChI is InChI=1S/C15H25N3O/c1-4-8-18(9-10-19)15-14(6-5-7-17-15)12-16-11-13(2)3/h4-7,13,16,19H,1,8-12H2,2-3H3. The van der Waals surface area contributed by atoms with Crippen molar-refractivity contribution < 1.29 is 5.11 Å². The predicted molar refractivity (Wildman–Crippen MR) is 80.3 cm³/mol. The minimum absolute atomic E-state index is 0.114. The summed E-state index contributed by atoms with van der Waals surface area (Å²) in [5.41, 5.74) is 1.15. The first-order chi connectivity index (χ1) is 9.19. The van der Waals surface area contributed by atoms with Crippen LogP contribution < -0.4 is 10.2 Å². The SMILES string of the molecule is C=CCN(CCO)c1ncccc1CNCC(C)C. The highest BCUT2D eigenvalue weighted by molar-refractivity contribution is 5.47. The molecule has 0 aliphatic carbocycles. The summed E-state index contributed by atoms with van der Waals surface area (Å²) in [4.78, 5) is 6.48. The number of anilines is 1. The summed E-state index contributed by atoms with van der Waals surface area (Å²) in [6.07, 6.45) is 3.62. The van der Waals surface area contributed by atoms with Gasteiger partial charge in [-0.1, -0.05) is 26.0 Å². The molecule has 0 aliphatic heterocycles. The van der Waals surface area contributed by atoms with Crippen molar-refractivity contribution in [1.29, 1.82) is 0 Å². The van der Waals surface area contributed by atoms with Gasteiger partial charge in [0.15, 0.2) is 0 Å². The van der Waals surface area contributed by atoms with E-state index in [-0.39, 0.29) is 6.61 Å². The first-order valence-electron chi connectivity index (χ1n) is 6.80. The molecule has 4 nitrogen and oxygen atoms in total. The molecule has 0 bridgehead atoms. The molecule has 0 spiro atoms. The number of hydrogen-bond acceptors (Lipinski definition) is 4. The molecule has 1 rings (SSSR count). The van der Waals surface area contributed by atoms with Crippen LogP contribution in [0.15, 0.2) is 31.0 Å². The van der Waals surface area contributed by atoms with E-state index in [1.54, 1.807) is 6.20 Å². The molecule has 0 saturated carbocycles. The molecule has 1 aromatic heterocycles. The summed E-state index contributed by atoms with van der Waals surface area (Å²) in [5, 5.41) is 12.6. The third-order valence-electron chi connectivity index (χ3n) is 2.75. The maximum absolute atomic E-state index is 9.15. The monoisotopic (exact) mass is 263 g/mol. The highest BCUT2D eigenvalue weighted by Crippen LogP contribution is 2.16. The van der Waals surface area contributed by atoms with Crippen LogP contribution in [0, 0.1) is 5.92 Å². The Morgan fingerprint density at radius 2 is 2.32 bits per heavy atom. The highest BCUT2D eigenvalue weighted by atomic mass is 16.3. The summed E-state index contributed by atoms with van der Waals surface area (Å²) in [6.45, 7) is 11.3. The molecule has 4 heteroatoms. The van der Waals surface area contributed by atoms with E-state index in [9.17, 15) is 0 Å². The Bertz CT molecular complexity index is 379. The maximum atomic E-state index is 9.15. The van der Waals surface area contributed by atoms with Crippen LogP contribution in [0.5, 0.6) is 0 Å². The van der Waals surface area contributed by atoms with Crippen molar-refractivity contribution >= 4 is 5.82 Å². The van der Waals surface area contributed by atoms with Crippen molar-refractivity contribution in [2.24, 2.45) is 5.92 Å². The lowest BCUT2D eigenvalue weighted by molar-refractivity contribution is 0.302. The normalized spacial score (nSPS) is 10.7.